The second-order valence-electron chi connectivity index (χ2n) is 5.01. The summed E-state index contributed by atoms with van der Waals surface area (Å²) in [6.07, 6.45) is 2.32. The molecule has 1 fully saturated rings. The van der Waals surface area contributed by atoms with E-state index in [-0.39, 0.29) is 17.6 Å². The molecule has 1 aromatic carbocycles. The molecule has 1 aromatic rings. The van der Waals surface area contributed by atoms with E-state index >= 15 is 0 Å². The topological polar surface area (TPSA) is 78.4 Å². The molecule has 5 nitrogen and oxygen atoms in total. The summed E-state index contributed by atoms with van der Waals surface area (Å²) < 4.78 is 0. The van der Waals surface area contributed by atoms with Crippen LogP contribution in [0, 0.1) is 12.8 Å². The minimum Gasteiger partial charge on any atom is -0.478 e. The summed E-state index contributed by atoms with van der Waals surface area (Å²) in [6, 6.07) is 4.71. The summed E-state index contributed by atoms with van der Waals surface area (Å²) in [7, 11) is 0. The predicted octanol–water partition coefficient (Wildman–Crippen LogP) is 2.61. The van der Waals surface area contributed by atoms with Crippen molar-refractivity contribution in [1.29, 1.82) is 0 Å². The van der Waals surface area contributed by atoms with Gasteiger partial charge < -0.3 is 15.7 Å². The predicted molar refractivity (Wildman–Crippen MR) is 72.5 cm³/mol. The minimum absolute atomic E-state index is 0.156. The maximum Gasteiger partial charge on any atom is 0.336 e. The first-order valence-corrected chi connectivity index (χ1v) is 6.39. The van der Waals surface area contributed by atoms with E-state index in [1.54, 1.807) is 19.1 Å². The van der Waals surface area contributed by atoms with Crippen LogP contribution >= 0.6 is 0 Å². The van der Waals surface area contributed by atoms with Crippen molar-refractivity contribution in [2.24, 2.45) is 5.92 Å². The zero-order chi connectivity index (χ0) is 14.0. The summed E-state index contributed by atoms with van der Waals surface area (Å²) in [5, 5.41) is 14.6. The first-order chi connectivity index (χ1) is 8.99. The smallest absolute Gasteiger partial charge is 0.336 e. The van der Waals surface area contributed by atoms with Crippen molar-refractivity contribution >= 4 is 17.7 Å². The van der Waals surface area contributed by atoms with Gasteiger partial charge in [0, 0.05) is 11.7 Å². The molecule has 1 atom stereocenters. The van der Waals surface area contributed by atoms with Gasteiger partial charge in [0.25, 0.3) is 0 Å². The molecule has 0 heterocycles. The Labute approximate surface area is 112 Å². The monoisotopic (exact) mass is 262 g/mol. The number of urea groups is 1. The van der Waals surface area contributed by atoms with E-state index in [2.05, 4.69) is 10.6 Å². The lowest BCUT2D eigenvalue weighted by Crippen LogP contribution is -2.37. The number of benzene rings is 1. The van der Waals surface area contributed by atoms with Crippen LogP contribution in [0.3, 0.4) is 0 Å². The van der Waals surface area contributed by atoms with Crippen molar-refractivity contribution in [3.05, 3.63) is 29.3 Å². The van der Waals surface area contributed by atoms with Crippen LogP contribution in [0.15, 0.2) is 18.2 Å². The summed E-state index contributed by atoms with van der Waals surface area (Å²) in [6.45, 7) is 3.67. The summed E-state index contributed by atoms with van der Waals surface area (Å²) >= 11 is 0. The number of carbonyl (C=O) groups excluding carboxylic acids is 1. The third kappa shape index (κ3) is 3.24. The second kappa shape index (κ2) is 5.30. The van der Waals surface area contributed by atoms with Crippen molar-refractivity contribution < 1.29 is 14.7 Å². The molecule has 0 saturated heterocycles. The van der Waals surface area contributed by atoms with Gasteiger partial charge in [0.1, 0.15) is 0 Å². The molecular formula is C14H18N2O3. The molecule has 3 N–H and O–H groups in total. The molecule has 1 unspecified atom stereocenters. The molecule has 2 amide bonds. The fourth-order valence-corrected chi connectivity index (χ4v) is 2.08. The van der Waals surface area contributed by atoms with Gasteiger partial charge in [-0.2, -0.15) is 0 Å². The normalized spacial score (nSPS) is 15.7. The third-order valence-electron chi connectivity index (χ3n) is 3.50. The van der Waals surface area contributed by atoms with Crippen LogP contribution in [0.4, 0.5) is 10.5 Å². The van der Waals surface area contributed by atoms with E-state index in [4.69, 9.17) is 5.11 Å². The molecule has 0 radical (unpaired) electrons. The van der Waals surface area contributed by atoms with Crippen LogP contribution in [0.25, 0.3) is 0 Å². The molecule has 0 spiro atoms. The van der Waals surface area contributed by atoms with E-state index in [0.717, 1.165) is 12.8 Å². The fraction of sp³-hybridized carbons (Fsp3) is 0.429. The highest BCUT2D eigenvalue weighted by molar-refractivity contribution is 5.95. The fourth-order valence-electron chi connectivity index (χ4n) is 2.08. The van der Waals surface area contributed by atoms with Gasteiger partial charge in [-0.3, -0.25) is 0 Å². The lowest BCUT2D eigenvalue weighted by molar-refractivity contribution is 0.0696. The van der Waals surface area contributed by atoms with Gasteiger partial charge in [0.05, 0.1) is 5.56 Å². The van der Waals surface area contributed by atoms with Gasteiger partial charge in [-0.1, -0.05) is 6.07 Å². The van der Waals surface area contributed by atoms with Crippen molar-refractivity contribution in [2.75, 3.05) is 5.32 Å². The van der Waals surface area contributed by atoms with Crippen molar-refractivity contribution in [2.45, 2.75) is 32.7 Å². The van der Waals surface area contributed by atoms with Gasteiger partial charge in [-0.05, 0) is 50.3 Å². The van der Waals surface area contributed by atoms with Crippen molar-refractivity contribution in [3.8, 4) is 0 Å². The maximum absolute atomic E-state index is 11.8. The van der Waals surface area contributed by atoms with Gasteiger partial charge in [-0.25, -0.2) is 9.59 Å². The highest BCUT2D eigenvalue weighted by Gasteiger charge is 2.28. The first kappa shape index (κ1) is 13.4. The summed E-state index contributed by atoms with van der Waals surface area (Å²) in [5.41, 5.74) is 1.29. The Bertz CT molecular complexity index is 509. The van der Waals surface area contributed by atoms with Crippen LogP contribution in [0.1, 0.15) is 35.7 Å². The van der Waals surface area contributed by atoms with E-state index in [9.17, 15) is 9.59 Å². The Morgan fingerprint density at radius 3 is 2.63 bits per heavy atom. The molecule has 0 aliphatic heterocycles. The number of hydrogen-bond acceptors (Lipinski definition) is 2. The van der Waals surface area contributed by atoms with Crippen LogP contribution in [0.5, 0.6) is 0 Å². The maximum atomic E-state index is 11.8. The largest absolute Gasteiger partial charge is 0.478 e. The Morgan fingerprint density at radius 2 is 2.05 bits per heavy atom. The Balaban J connectivity index is 2.03. The molecular weight excluding hydrogens is 244 g/mol. The van der Waals surface area contributed by atoms with Crippen molar-refractivity contribution in [1.82, 2.24) is 5.32 Å². The number of carboxylic acid groups (broad SMARTS) is 1. The van der Waals surface area contributed by atoms with Crippen LogP contribution in [0.2, 0.25) is 0 Å². The average molecular weight is 262 g/mol. The van der Waals surface area contributed by atoms with Crippen LogP contribution in [-0.4, -0.2) is 23.1 Å². The SMILES string of the molecule is Cc1c(NC(=O)NC(C)C2CC2)cccc1C(=O)O. The summed E-state index contributed by atoms with van der Waals surface area (Å²) in [5.74, 6) is -0.412. The van der Waals surface area contributed by atoms with Gasteiger partial charge >= 0.3 is 12.0 Å². The number of rotatable bonds is 4. The zero-order valence-electron chi connectivity index (χ0n) is 11.1. The highest BCUT2D eigenvalue weighted by Crippen LogP contribution is 2.32. The molecule has 1 saturated carbocycles. The summed E-state index contributed by atoms with van der Waals surface area (Å²) in [4.78, 5) is 22.8. The molecule has 19 heavy (non-hydrogen) atoms. The van der Waals surface area contributed by atoms with Crippen molar-refractivity contribution in [3.63, 3.8) is 0 Å². The first-order valence-electron chi connectivity index (χ1n) is 6.39. The Kier molecular flexibility index (Phi) is 3.74. The van der Waals surface area contributed by atoms with E-state index in [1.807, 2.05) is 6.92 Å². The number of amides is 2. The molecule has 102 valence electrons. The molecule has 1 aliphatic rings. The van der Waals surface area contributed by atoms with Gasteiger partial charge in [0.15, 0.2) is 0 Å². The van der Waals surface area contributed by atoms with E-state index in [0.29, 0.717) is 17.2 Å². The highest BCUT2D eigenvalue weighted by atomic mass is 16.4. The molecule has 2 rings (SSSR count). The Morgan fingerprint density at radius 1 is 1.37 bits per heavy atom. The number of anilines is 1. The van der Waals surface area contributed by atoms with Crippen LogP contribution < -0.4 is 10.6 Å². The van der Waals surface area contributed by atoms with Gasteiger partial charge in [-0.15, -0.1) is 0 Å². The zero-order valence-corrected chi connectivity index (χ0v) is 11.1. The quantitative estimate of drug-likeness (QED) is 0.780. The third-order valence-corrected chi connectivity index (χ3v) is 3.50. The second-order valence-corrected chi connectivity index (χ2v) is 5.01. The lowest BCUT2D eigenvalue weighted by Gasteiger charge is -2.15. The number of nitrogens with one attached hydrogen (secondary N) is 2. The number of aromatic carboxylic acids is 1. The van der Waals surface area contributed by atoms with E-state index < -0.39 is 5.97 Å². The molecule has 0 bridgehead atoms. The lowest BCUT2D eigenvalue weighted by atomic mass is 10.1. The van der Waals surface area contributed by atoms with E-state index in [1.165, 1.54) is 6.07 Å². The standard InChI is InChI=1S/C14H18N2O3/c1-8-11(13(17)18)4-3-5-12(8)16-14(19)15-9(2)10-6-7-10/h3-5,9-10H,6-7H2,1-2H3,(H,17,18)(H2,15,16,19). The minimum atomic E-state index is -0.993. The Hall–Kier alpha value is -2.04. The molecule has 5 heteroatoms. The number of hydrogen-bond donors (Lipinski definition) is 3. The van der Waals surface area contributed by atoms with Gasteiger partial charge in [0.2, 0.25) is 0 Å². The molecule has 1 aliphatic carbocycles. The number of carbonyl (C=O) groups is 2. The van der Waals surface area contributed by atoms with Crippen LogP contribution in [-0.2, 0) is 0 Å². The average Bonchev–Trinajstić information content (AvgIpc) is 3.15. The number of carboxylic acids is 1. The molecule has 0 aromatic heterocycles.